The molecule has 0 aromatic rings. The second-order valence-electron chi connectivity index (χ2n) is 12.5. The lowest BCUT2D eigenvalue weighted by atomic mass is 9.56. The summed E-state index contributed by atoms with van der Waals surface area (Å²) in [6.07, 6.45) is 13.6. The molecule has 0 amide bonds. The van der Waals surface area contributed by atoms with Gasteiger partial charge in [-0.05, 0) is 100 Å². The zero-order valence-electron chi connectivity index (χ0n) is 19.8. The normalized spacial score (nSPS) is 40.9. The van der Waals surface area contributed by atoms with Crippen LogP contribution in [0, 0.1) is 22.7 Å². The van der Waals surface area contributed by atoms with E-state index in [1.807, 2.05) is 0 Å². The zero-order valence-corrected chi connectivity index (χ0v) is 21.4. The molecule has 0 N–H and O–H groups in total. The van der Waals surface area contributed by atoms with Crippen molar-refractivity contribution in [3.05, 3.63) is 0 Å². The van der Waals surface area contributed by atoms with Crippen LogP contribution < -0.4 is 0 Å². The Bertz CT molecular complexity index is 682. The molecule has 5 heteroatoms. The number of fused-ring (bicyclic) bond motifs is 5. The predicted molar refractivity (Wildman–Crippen MR) is 125 cm³/mol. The molecular weight excluding hydrogens is 456 g/mol. The quantitative estimate of drug-likeness (QED) is 0.289. The SMILES string of the molecule is CC1(C)CC2CC(C)(OC(=O)CCCBr)CC(OC(=O)CC34CCC(CC3)CC4)(C2)C1. The number of carbonyl (C=O) groups is 2. The number of rotatable bonds is 7. The summed E-state index contributed by atoms with van der Waals surface area (Å²) in [5.41, 5.74) is -0.698. The Balaban J connectivity index is 1.47. The Morgan fingerprint density at radius 3 is 2.19 bits per heavy atom. The molecule has 4 nitrogen and oxygen atoms in total. The van der Waals surface area contributed by atoms with Gasteiger partial charge in [0.05, 0.1) is 6.42 Å². The highest BCUT2D eigenvalue weighted by molar-refractivity contribution is 9.09. The van der Waals surface area contributed by atoms with Gasteiger partial charge in [0.15, 0.2) is 0 Å². The number of hydrogen-bond acceptors (Lipinski definition) is 4. The van der Waals surface area contributed by atoms with Crippen LogP contribution in [0.15, 0.2) is 0 Å². The van der Waals surface area contributed by atoms with Crippen molar-refractivity contribution < 1.29 is 19.1 Å². The minimum absolute atomic E-state index is 0.00772. The Morgan fingerprint density at radius 1 is 0.871 bits per heavy atom. The van der Waals surface area contributed by atoms with Crippen molar-refractivity contribution in [3.8, 4) is 0 Å². The van der Waals surface area contributed by atoms with Crippen molar-refractivity contribution in [2.75, 3.05) is 5.33 Å². The van der Waals surface area contributed by atoms with Gasteiger partial charge in [0.1, 0.15) is 11.2 Å². The molecule has 31 heavy (non-hydrogen) atoms. The monoisotopic (exact) mass is 496 g/mol. The number of halogens is 1. The standard InChI is InChI=1S/C26H41BrO4/c1-23(2)13-20-14-24(3,30-21(28)5-4-12-27)18-26(15-20,17-23)31-22(29)16-25-9-6-19(7-10-25)8-11-25/h19-20H,4-18H2,1-3H3. The molecule has 3 atom stereocenters. The Kier molecular flexibility index (Phi) is 6.58. The lowest BCUT2D eigenvalue weighted by Crippen LogP contribution is -2.57. The smallest absolute Gasteiger partial charge is 0.306 e. The van der Waals surface area contributed by atoms with Gasteiger partial charge in [-0.3, -0.25) is 9.59 Å². The van der Waals surface area contributed by atoms with E-state index in [-0.39, 0.29) is 22.8 Å². The predicted octanol–water partition coefficient (Wildman–Crippen LogP) is 6.73. The molecule has 0 heterocycles. The summed E-state index contributed by atoms with van der Waals surface area (Å²) in [6, 6.07) is 0. The van der Waals surface area contributed by atoms with Crippen LogP contribution >= 0.6 is 15.9 Å². The molecular formula is C26H41BrO4. The Labute approximate surface area is 196 Å². The van der Waals surface area contributed by atoms with Gasteiger partial charge in [-0.15, -0.1) is 0 Å². The first-order valence-electron chi connectivity index (χ1n) is 12.5. The average Bonchev–Trinajstić information content (AvgIpc) is 2.64. The summed E-state index contributed by atoms with van der Waals surface area (Å²) < 4.78 is 12.5. The summed E-state index contributed by atoms with van der Waals surface area (Å²) in [4.78, 5) is 25.8. The van der Waals surface area contributed by atoms with Crippen molar-refractivity contribution in [1.29, 1.82) is 0 Å². The van der Waals surface area contributed by atoms with Gasteiger partial charge in [-0.2, -0.15) is 0 Å². The second kappa shape index (κ2) is 8.65. The first-order chi connectivity index (χ1) is 14.5. The van der Waals surface area contributed by atoms with Gasteiger partial charge in [0.25, 0.3) is 0 Å². The highest BCUT2D eigenvalue weighted by Gasteiger charge is 2.56. The van der Waals surface area contributed by atoms with Crippen molar-refractivity contribution in [3.63, 3.8) is 0 Å². The minimum atomic E-state index is -0.537. The molecule has 3 unspecified atom stereocenters. The molecule has 5 aliphatic carbocycles. The molecule has 176 valence electrons. The van der Waals surface area contributed by atoms with E-state index in [0.29, 0.717) is 25.2 Å². The summed E-state index contributed by atoms with van der Waals surface area (Å²) >= 11 is 3.39. The van der Waals surface area contributed by atoms with Gasteiger partial charge in [-0.1, -0.05) is 29.8 Å². The van der Waals surface area contributed by atoms with Gasteiger partial charge in [0, 0.05) is 18.2 Å². The van der Waals surface area contributed by atoms with Crippen LogP contribution in [0.25, 0.3) is 0 Å². The lowest BCUT2D eigenvalue weighted by Gasteiger charge is -2.56. The van der Waals surface area contributed by atoms with Gasteiger partial charge in [0.2, 0.25) is 0 Å². The van der Waals surface area contributed by atoms with E-state index >= 15 is 0 Å². The van der Waals surface area contributed by atoms with Crippen molar-refractivity contribution in [2.24, 2.45) is 22.7 Å². The molecule has 5 aliphatic rings. The Hall–Kier alpha value is -0.580. The number of ether oxygens (including phenoxy) is 2. The fraction of sp³-hybridized carbons (Fsp3) is 0.923. The van der Waals surface area contributed by atoms with Gasteiger partial charge >= 0.3 is 11.9 Å². The van der Waals surface area contributed by atoms with Crippen LogP contribution in [0.4, 0.5) is 0 Å². The molecule has 0 spiro atoms. The largest absolute Gasteiger partial charge is 0.459 e. The number of esters is 2. The summed E-state index contributed by atoms with van der Waals surface area (Å²) in [6.45, 7) is 6.66. The molecule has 4 bridgehead atoms. The number of carbonyl (C=O) groups excluding carboxylic acids is 2. The first-order valence-corrected chi connectivity index (χ1v) is 13.7. The summed E-state index contributed by atoms with van der Waals surface area (Å²) in [5.74, 6) is 1.20. The molecule has 5 rings (SSSR count). The highest BCUT2D eigenvalue weighted by Crippen LogP contribution is 2.57. The van der Waals surface area contributed by atoms with E-state index in [0.717, 1.165) is 43.4 Å². The molecule has 5 saturated carbocycles. The first kappa shape index (κ1) is 23.6. The molecule has 0 aromatic heterocycles. The van der Waals surface area contributed by atoms with Gasteiger partial charge in [-0.25, -0.2) is 0 Å². The maximum atomic E-state index is 13.3. The molecule has 5 fully saturated rings. The van der Waals surface area contributed by atoms with E-state index < -0.39 is 11.2 Å². The van der Waals surface area contributed by atoms with Gasteiger partial charge < -0.3 is 9.47 Å². The van der Waals surface area contributed by atoms with Crippen molar-refractivity contribution in [1.82, 2.24) is 0 Å². The maximum Gasteiger partial charge on any atom is 0.306 e. The minimum Gasteiger partial charge on any atom is -0.459 e. The van der Waals surface area contributed by atoms with Crippen LogP contribution in [0.1, 0.15) is 111 Å². The zero-order chi connectivity index (χ0) is 22.3. The fourth-order valence-corrected chi connectivity index (χ4v) is 8.24. The topological polar surface area (TPSA) is 52.6 Å². The fourth-order valence-electron chi connectivity index (χ4n) is 7.96. The summed E-state index contributed by atoms with van der Waals surface area (Å²) in [5, 5.41) is 0.805. The average molecular weight is 498 g/mol. The van der Waals surface area contributed by atoms with E-state index in [9.17, 15) is 9.59 Å². The molecule has 0 radical (unpaired) electrons. The third kappa shape index (κ3) is 5.50. The van der Waals surface area contributed by atoms with Crippen LogP contribution in [-0.2, 0) is 19.1 Å². The van der Waals surface area contributed by atoms with Crippen molar-refractivity contribution >= 4 is 27.9 Å². The van der Waals surface area contributed by atoms with Crippen LogP contribution in [0.5, 0.6) is 0 Å². The van der Waals surface area contributed by atoms with Crippen LogP contribution in [-0.4, -0.2) is 28.5 Å². The maximum absolute atomic E-state index is 13.3. The van der Waals surface area contributed by atoms with E-state index in [2.05, 4.69) is 36.7 Å². The summed E-state index contributed by atoms with van der Waals surface area (Å²) in [7, 11) is 0. The molecule has 0 saturated heterocycles. The van der Waals surface area contributed by atoms with E-state index in [1.165, 1.54) is 38.5 Å². The Morgan fingerprint density at radius 2 is 1.55 bits per heavy atom. The number of alkyl halides is 1. The lowest BCUT2D eigenvalue weighted by molar-refractivity contribution is -0.208. The van der Waals surface area contributed by atoms with E-state index in [4.69, 9.17) is 9.47 Å². The molecule has 0 aliphatic heterocycles. The number of hydrogen-bond donors (Lipinski definition) is 0. The third-order valence-corrected chi connectivity index (χ3v) is 9.25. The van der Waals surface area contributed by atoms with E-state index in [1.54, 1.807) is 0 Å². The third-order valence-electron chi connectivity index (χ3n) is 8.69. The van der Waals surface area contributed by atoms with Crippen LogP contribution in [0.3, 0.4) is 0 Å². The molecule has 0 aromatic carbocycles. The second-order valence-corrected chi connectivity index (χ2v) is 13.3. The van der Waals surface area contributed by atoms with Crippen LogP contribution in [0.2, 0.25) is 0 Å². The highest BCUT2D eigenvalue weighted by atomic mass is 79.9. The van der Waals surface area contributed by atoms with Crippen molar-refractivity contribution in [2.45, 2.75) is 122 Å².